The summed E-state index contributed by atoms with van der Waals surface area (Å²) in [5, 5.41) is 28.3. The van der Waals surface area contributed by atoms with Crippen LogP contribution in [0, 0.1) is 5.92 Å². The third-order valence-electron chi connectivity index (χ3n) is 4.32. The van der Waals surface area contributed by atoms with Crippen molar-refractivity contribution in [2.75, 3.05) is 0 Å². The molecule has 3 rings (SSSR count). The number of Topliss-reactive ketones (excluding diaryl/α,β-unsaturated/α-hetero) is 1. The summed E-state index contributed by atoms with van der Waals surface area (Å²) in [6.45, 7) is 0. The molecule has 0 bridgehead atoms. The number of hydrogen-bond donors (Lipinski definition) is 3. The van der Waals surface area contributed by atoms with E-state index in [1.807, 2.05) is 0 Å². The Bertz CT molecular complexity index is 749. The Balaban J connectivity index is 2.12. The summed E-state index contributed by atoms with van der Waals surface area (Å²) in [5.74, 6) is -4.18. The molecule has 2 aliphatic rings. The van der Waals surface area contributed by atoms with Gasteiger partial charge in [-0.05, 0) is 31.0 Å². The van der Waals surface area contributed by atoms with E-state index in [4.69, 9.17) is 4.74 Å². The number of carboxylic acid groups (broad SMARTS) is 2. The zero-order valence-corrected chi connectivity index (χ0v) is 12.0. The van der Waals surface area contributed by atoms with Crippen LogP contribution in [-0.2, 0) is 9.59 Å². The number of rotatable bonds is 2. The smallest absolute Gasteiger partial charge is 0.331 e. The van der Waals surface area contributed by atoms with E-state index in [0.717, 1.165) is 0 Å². The molecule has 0 saturated carbocycles. The molecule has 120 valence electrons. The molecule has 1 heterocycles. The highest BCUT2D eigenvalue weighted by atomic mass is 16.5. The second-order valence-corrected chi connectivity index (χ2v) is 5.68. The fourth-order valence-electron chi connectivity index (χ4n) is 3.22. The van der Waals surface area contributed by atoms with Crippen LogP contribution in [0.1, 0.15) is 29.6 Å². The van der Waals surface area contributed by atoms with Crippen LogP contribution in [0.3, 0.4) is 0 Å². The zero-order valence-electron chi connectivity index (χ0n) is 12.0. The van der Waals surface area contributed by atoms with Gasteiger partial charge in [0.15, 0.2) is 5.60 Å². The molecule has 0 saturated heterocycles. The first-order valence-corrected chi connectivity index (χ1v) is 7.07. The molecular formula is C16H14O7. The van der Waals surface area contributed by atoms with Crippen LogP contribution in [0.25, 0.3) is 0 Å². The Morgan fingerprint density at radius 2 is 2.00 bits per heavy atom. The van der Waals surface area contributed by atoms with Crippen LogP contribution in [0.2, 0.25) is 0 Å². The minimum Gasteiger partial charge on any atom is -0.508 e. The van der Waals surface area contributed by atoms with E-state index in [1.165, 1.54) is 24.3 Å². The molecule has 3 N–H and O–H groups in total. The van der Waals surface area contributed by atoms with Gasteiger partial charge in [0, 0.05) is 12.0 Å². The number of carboxylic acids is 2. The number of allylic oxidation sites excluding steroid dienone is 1. The maximum atomic E-state index is 12.8. The molecule has 0 fully saturated rings. The first kappa shape index (κ1) is 15.1. The number of hydrogen-bond acceptors (Lipinski definition) is 5. The molecule has 1 aromatic carbocycles. The highest BCUT2D eigenvalue weighted by Crippen LogP contribution is 2.46. The lowest BCUT2D eigenvalue weighted by molar-refractivity contribution is -0.148. The molecule has 1 aliphatic carbocycles. The molecule has 0 amide bonds. The number of benzene rings is 1. The summed E-state index contributed by atoms with van der Waals surface area (Å²) in [6.07, 6.45) is 1.44. The highest BCUT2D eigenvalue weighted by molar-refractivity contribution is 6.10. The van der Waals surface area contributed by atoms with Crippen LogP contribution in [0.4, 0.5) is 0 Å². The lowest BCUT2D eigenvalue weighted by Gasteiger charge is -2.31. The van der Waals surface area contributed by atoms with Crippen molar-refractivity contribution in [1.29, 1.82) is 0 Å². The summed E-state index contributed by atoms with van der Waals surface area (Å²) in [6, 6.07) is 3.91. The summed E-state index contributed by atoms with van der Waals surface area (Å²) in [5.41, 5.74) is -1.76. The number of phenols is 1. The van der Waals surface area contributed by atoms with Gasteiger partial charge in [-0.1, -0.05) is 6.08 Å². The number of phenolic OH excluding ortho intramolecular Hbond substituents is 1. The van der Waals surface area contributed by atoms with Crippen molar-refractivity contribution in [2.24, 2.45) is 5.92 Å². The first-order valence-electron chi connectivity index (χ1n) is 7.07. The average Bonchev–Trinajstić information content (AvgIpc) is 2.65. The number of aromatic hydroxyl groups is 1. The van der Waals surface area contributed by atoms with Gasteiger partial charge in [-0.25, -0.2) is 4.79 Å². The zero-order chi connectivity index (χ0) is 16.8. The molecule has 7 nitrogen and oxygen atoms in total. The minimum atomic E-state index is -1.79. The predicted molar refractivity (Wildman–Crippen MR) is 76.5 cm³/mol. The number of ether oxygens (including phenoxy) is 1. The van der Waals surface area contributed by atoms with E-state index in [2.05, 4.69) is 0 Å². The maximum absolute atomic E-state index is 12.8. The van der Waals surface area contributed by atoms with E-state index in [0.29, 0.717) is 0 Å². The molecule has 2 atom stereocenters. The molecule has 0 aromatic heterocycles. The molecule has 0 radical (unpaired) electrons. The molecule has 7 heteroatoms. The number of ketones is 1. The summed E-state index contributed by atoms with van der Waals surface area (Å²) >= 11 is 0. The predicted octanol–water partition coefficient (Wildman–Crippen LogP) is 1.60. The van der Waals surface area contributed by atoms with Crippen molar-refractivity contribution in [3.05, 3.63) is 35.4 Å². The highest BCUT2D eigenvalue weighted by Gasteiger charge is 2.57. The lowest BCUT2D eigenvalue weighted by atomic mass is 9.77. The lowest BCUT2D eigenvalue weighted by Crippen LogP contribution is -2.50. The van der Waals surface area contributed by atoms with Gasteiger partial charge >= 0.3 is 11.9 Å². The number of fused-ring (bicyclic) bond motifs is 1. The van der Waals surface area contributed by atoms with E-state index in [9.17, 15) is 29.7 Å². The third-order valence-corrected chi connectivity index (χ3v) is 4.32. The second kappa shape index (κ2) is 5.12. The van der Waals surface area contributed by atoms with Gasteiger partial charge in [0.05, 0.1) is 5.56 Å². The van der Waals surface area contributed by atoms with E-state index in [1.54, 1.807) is 0 Å². The molecule has 1 aliphatic heterocycles. The molecule has 23 heavy (non-hydrogen) atoms. The Morgan fingerprint density at radius 1 is 1.26 bits per heavy atom. The van der Waals surface area contributed by atoms with Gasteiger partial charge in [-0.2, -0.15) is 0 Å². The Labute approximate surface area is 130 Å². The first-order chi connectivity index (χ1) is 10.8. The molecule has 1 aromatic rings. The average molecular weight is 318 g/mol. The third kappa shape index (κ3) is 2.25. The minimum absolute atomic E-state index is 0.0425. The van der Waals surface area contributed by atoms with Gasteiger partial charge in [-0.15, -0.1) is 0 Å². The van der Waals surface area contributed by atoms with Crippen LogP contribution >= 0.6 is 0 Å². The van der Waals surface area contributed by atoms with Crippen LogP contribution < -0.4 is 4.74 Å². The Kier molecular flexibility index (Phi) is 3.35. The van der Waals surface area contributed by atoms with Gasteiger partial charge < -0.3 is 20.1 Å². The second-order valence-electron chi connectivity index (χ2n) is 5.68. The van der Waals surface area contributed by atoms with Gasteiger partial charge in [0.1, 0.15) is 17.4 Å². The normalized spacial score (nSPS) is 26.2. The van der Waals surface area contributed by atoms with E-state index >= 15 is 0 Å². The van der Waals surface area contributed by atoms with Crippen molar-refractivity contribution in [1.82, 2.24) is 0 Å². The number of aliphatic carboxylic acids is 2. The number of carbonyl (C=O) groups excluding carboxylic acids is 1. The van der Waals surface area contributed by atoms with Crippen molar-refractivity contribution >= 4 is 17.7 Å². The fraction of sp³-hybridized carbons (Fsp3) is 0.312. The Hall–Kier alpha value is -2.83. The van der Waals surface area contributed by atoms with Gasteiger partial charge in [-0.3, -0.25) is 9.59 Å². The van der Waals surface area contributed by atoms with Crippen molar-refractivity contribution in [3.63, 3.8) is 0 Å². The quantitative estimate of drug-likeness (QED) is 0.757. The summed E-state index contributed by atoms with van der Waals surface area (Å²) in [7, 11) is 0. The van der Waals surface area contributed by atoms with Crippen molar-refractivity contribution < 1.29 is 34.4 Å². The monoisotopic (exact) mass is 318 g/mol. The summed E-state index contributed by atoms with van der Waals surface area (Å²) in [4.78, 5) is 35.8. The van der Waals surface area contributed by atoms with Crippen LogP contribution in [0.15, 0.2) is 29.8 Å². The van der Waals surface area contributed by atoms with Crippen molar-refractivity contribution in [3.8, 4) is 11.5 Å². The summed E-state index contributed by atoms with van der Waals surface area (Å²) < 4.78 is 5.69. The van der Waals surface area contributed by atoms with E-state index < -0.39 is 29.2 Å². The largest absolute Gasteiger partial charge is 0.508 e. The molecular weight excluding hydrogens is 304 g/mol. The molecule has 0 unspecified atom stereocenters. The van der Waals surface area contributed by atoms with Crippen LogP contribution in [-0.4, -0.2) is 38.6 Å². The van der Waals surface area contributed by atoms with Crippen molar-refractivity contribution in [2.45, 2.75) is 24.9 Å². The molecule has 1 spiro atoms. The standard InChI is InChI=1S/C16H14O7/c17-9-4-5-12-10(6-9)13(18)16(23-12)7-8(14(19)20)2-1-3-11(16)15(21)22/h2,4-6,11,17H,1,3,7H2,(H,19,20)(H,21,22)/t11-,16+/m0/s1. The number of carbonyl (C=O) groups is 3. The van der Waals surface area contributed by atoms with E-state index in [-0.39, 0.29) is 41.9 Å². The fourth-order valence-corrected chi connectivity index (χ4v) is 3.22. The van der Waals surface area contributed by atoms with Gasteiger partial charge in [0.25, 0.3) is 0 Å². The topological polar surface area (TPSA) is 121 Å². The maximum Gasteiger partial charge on any atom is 0.331 e. The SMILES string of the molecule is O=C(O)C1=CCC[C@@H](C(=O)O)[C@@]2(C1)Oc1ccc(O)cc1C2=O. The Morgan fingerprint density at radius 3 is 2.65 bits per heavy atom. The van der Waals surface area contributed by atoms with Crippen LogP contribution in [0.5, 0.6) is 11.5 Å². The van der Waals surface area contributed by atoms with Gasteiger partial charge in [0.2, 0.25) is 5.78 Å².